The maximum absolute atomic E-state index is 10.9. The van der Waals surface area contributed by atoms with Crippen LogP contribution in [0.5, 0.6) is 0 Å². The van der Waals surface area contributed by atoms with E-state index in [1.165, 1.54) is 6.08 Å². The predicted molar refractivity (Wildman–Crippen MR) is 58.4 cm³/mol. The van der Waals surface area contributed by atoms with Gasteiger partial charge in [0.15, 0.2) is 6.04 Å². The molecule has 0 aromatic carbocycles. The average molecular weight is 234 g/mol. The Kier molecular flexibility index (Phi) is 2.78. The first kappa shape index (κ1) is 11.1. The van der Waals surface area contributed by atoms with E-state index in [0.717, 1.165) is 10.5 Å². The number of carboxylic acid groups (broad SMARTS) is 2. The minimum absolute atomic E-state index is 0.0797. The van der Waals surface area contributed by atoms with E-state index in [-0.39, 0.29) is 6.54 Å². The van der Waals surface area contributed by atoms with Crippen molar-refractivity contribution >= 4 is 17.6 Å². The molecule has 2 rings (SSSR count). The van der Waals surface area contributed by atoms with Crippen molar-refractivity contribution in [2.24, 2.45) is 0 Å². The Labute approximate surface area is 96.8 Å². The van der Waals surface area contributed by atoms with Crippen LogP contribution >= 0.6 is 0 Å². The van der Waals surface area contributed by atoms with E-state index in [0.29, 0.717) is 5.57 Å². The molecule has 1 aromatic rings. The topological polar surface area (TPSA) is 90.7 Å². The quantitative estimate of drug-likeness (QED) is 0.793. The molecule has 6 nitrogen and oxygen atoms in total. The number of pyridine rings is 1. The van der Waals surface area contributed by atoms with Gasteiger partial charge in [0.2, 0.25) is 0 Å². The molecule has 1 aliphatic heterocycles. The van der Waals surface area contributed by atoms with Crippen molar-refractivity contribution in [1.29, 1.82) is 0 Å². The molecule has 1 atom stereocenters. The smallest absolute Gasteiger partial charge is 0.408 e. The molecule has 0 unspecified atom stereocenters. The molecule has 1 aliphatic rings. The Morgan fingerprint density at radius 1 is 1.29 bits per heavy atom. The molecule has 1 aromatic heterocycles. The second kappa shape index (κ2) is 4.25. The fraction of sp³-hybridized carbons (Fsp3) is 0.182. The number of amides is 1. The molecular weight excluding hydrogens is 224 g/mol. The summed E-state index contributed by atoms with van der Waals surface area (Å²) < 4.78 is 0. The van der Waals surface area contributed by atoms with Gasteiger partial charge in [-0.1, -0.05) is 0 Å². The van der Waals surface area contributed by atoms with E-state index in [4.69, 9.17) is 10.2 Å². The van der Waals surface area contributed by atoms with Crippen molar-refractivity contribution in [3.05, 3.63) is 36.2 Å². The van der Waals surface area contributed by atoms with Gasteiger partial charge in [-0.05, 0) is 29.3 Å². The van der Waals surface area contributed by atoms with E-state index in [9.17, 15) is 9.59 Å². The van der Waals surface area contributed by atoms with Crippen molar-refractivity contribution in [1.82, 2.24) is 9.88 Å². The second-order valence-electron chi connectivity index (χ2n) is 3.62. The van der Waals surface area contributed by atoms with Gasteiger partial charge in [0, 0.05) is 12.4 Å². The van der Waals surface area contributed by atoms with Gasteiger partial charge in [0.05, 0.1) is 6.54 Å². The molecule has 0 aliphatic carbocycles. The third-order valence-electron chi connectivity index (χ3n) is 2.59. The minimum Gasteiger partial charge on any atom is -0.479 e. The van der Waals surface area contributed by atoms with E-state index >= 15 is 0 Å². The van der Waals surface area contributed by atoms with E-state index < -0.39 is 18.1 Å². The maximum Gasteiger partial charge on any atom is 0.408 e. The van der Waals surface area contributed by atoms with Crippen LogP contribution in [0.15, 0.2) is 30.6 Å². The monoisotopic (exact) mass is 234 g/mol. The van der Waals surface area contributed by atoms with Crippen LogP contribution in [0.25, 0.3) is 5.57 Å². The Morgan fingerprint density at radius 2 is 1.94 bits per heavy atom. The highest BCUT2D eigenvalue weighted by atomic mass is 16.4. The predicted octanol–water partition coefficient (Wildman–Crippen LogP) is 0.912. The Balaban J connectivity index is 2.31. The molecule has 2 heterocycles. The summed E-state index contributed by atoms with van der Waals surface area (Å²) in [5, 5.41) is 17.8. The fourth-order valence-electron chi connectivity index (χ4n) is 1.76. The number of hydrogen-bond acceptors (Lipinski definition) is 3. The van der Waals surface area contributed by atoms with Crippen LogP contribution in [0.4, 0.5) is 4.79 Å². The van der Waals surface area contributed by atoms with Crippen molar-refractivity contribution in [3.63, 3.8) is 0 Å². The molecule has 0 saturated carbocycles. The zero-order chi connectivity index (χ0) is 12.4. The summed E-state index contributed by atoms with van der Waals surface area (Å²) in [5.74, 6) is -1.17. The van der Waals surface area contributed by atoms with Crippen molar-refractivity contribution in [2.75, 3.05) is 6.54 Å². The number of carboxylic acids is 1. The molecule has 0 radical (unpaired) electrons. The summed E-state index contributed by atoms with van der Waals surface area (Å²) in [6.45, 7) is 0.0797. The molecule has 0 saturated heterocycles. The summed E-state index contributed by atoms with van der Waals surface area (Å²) in [6.07, 6.45) is 3.37. The largest absolute Gasteiger partial charge is 0.479 e. The first-order valence-corrected chi connectivity index (χ1v) is 4.93. The molecule has 6 heteroatoms. The number of aliphatic carboxylic acids is 1. The molecular formula is C11H10N2O4. The number of nitrogens with zero attached hydrogens (tertiary/aromatic N) is 2. The summed E-state index contributed by atoms with van der Waals surface area (Å²) in [6, 6.07) is 2.32. The van der Waals surface area contributed by atoms with Crippen LogP contribution in [0.2, 0.25) is 0 Å². The Hall–Kier alpha value is -2.37. The van der Waals surface area contributed by atoms with Crippen molar-refractivity contribution in [2.45, 2.75) is 6.04 Å². The van der Waals surface area contributed by atoms with Gasteiger partial charge in [-0.25, -0.2) is 9.59 Å². The highest BCUT2D eigenvalue weighted by Crippen LogP contribution is 2.24. The Bertz CT molecular complexity index is 484. The van der Waals surface area contributed by atoms with E-state index in [1.54, 1.807) is 24.5 Å². The molecule has 88 valence electrons. The highest BCUT2D eigenvalue weighted by molar-refractivity contribution is 5.88. The summed E-state index contributed by atoms with van der Waals surface area (Å²) in [5.41, 5.74) is 1.47. The molecule has 0 fully saturated rings. The average Bonchev–Trinajstić information content (AvgIpc) is 2.75. The third kappa shape index (κ3) is 2.10. The lowest BCUT2D eigenvalue weighted by Crippen LogP contribution is -2.40. The number of carbonyl (C=O) groups is 2. The van der Waals surface area contributed by atoms with Crippen LogP contribution in [-0.2, 0) is 4.79 Å². The normalized spacial score (nSPS) is 18.9. The first-order valence-electron chi connectivity index (χ1n) is 4.93. The number of rotatable bonds is 2. The summed E-state index contributed by atoms with van der Waals surface area (Å²) in [7, 11) is 0. The van der Waals surface area contributed by atoms with Gasteiger partial charge in [-0.2, -0.15) is 0 Å². The van der Waals surface area contributed by atoms with Crippen molar-refractivity contribution < 1.29 is 19.8 Å². The number of hydrogen-bond donors (Lipinski definition) is 2. The standard InChI is InChI=1S/C11H10N2O4/c14-10(15)9-5-8(6-13(9)11(16)17)7-1-3-12-4-2-7/h1-5,9H,6H2,(H,14,15)(H,16,17)/t9-/m1/s1. The lowest BCUT2D eigenvalue weighted by Gasteiger charge is -2.17. The third-order valence-corrected chi connectivity index (χ3v) is 2.59. The van der Waals surface area contributed by atoms with Gasteiger partial charge in [-0.15, -0.1) is 0 Å². The zero-order valence-electron chi connectivity index (χ0n) is 8.78. The van der Waals surface area contributed by atoms with Gasteiger partial charge in [-0.3, -0.25) is 9.88 Å². The van der Waals surface area contributed by atoms with E-state index in [1.807, 2.05) is 0 Å². The van der Waals surface area contributed by atoms with Crippen LogP contribution in [-0.4, -0.2) is 44.7 Å². The van der Waals surface area contributed by atoms with Gasteiger partial charge >= 0.3 is 12.1 Å². The van der Waals surface area contributed by atoms with Crippen LogP contribution in [0.3, 0.4) is 0 Å². The van der Waals surface area contributed by atoms with Gasteiger partial charge in [0.1, 0.15) is 0 Å². The molecule has 1 amide bonds. The fourth-order valence-corrected chi connectivity index (χ4v) is 1.76. The van der Waals surface area contributed by atoms with Crippen LogP contribution in [0.1, 0.15) is 5.56 Å². The summed E-state index contributed by atoms with van der Waals surface area (Å²) in [4.78, 5) is 26.6. The lowest BCUT2D eigenvalue weighted by atomic mass is 10.1. The van der Waals surface area contributed by atoms with E-state index in [2.05, 4.69) is 4.98 Å². The van der Waals surface area contributed by atoms with Crippen LogP contribution < -0.4 is 0 Å². The molecule has 17 heavy (non-hydrogen) atoms. The Morgan fingerprint density at radius 3 is 2.41 bits per heavy atom. The molecule has 0 spiro atoms. The molecule has 0 bridgehead atoms. The SMILES string of the molecule is O=C(O)[C@H]1C=C(c2ccncc2)CN1C(=O)O. The molecule has 2 N–H and O–H groups in total. The highest BCUT2D eigenvalue weighted by Gasteiger charge is 2.34. The summed E-state index contributed by atoms with van der Waals surface area (Å²) >= 11 is 0. The van der Waals surface area contributed by atoms with Gasteiger partial charge in [0.25, 0.3) is 0 Å². The van der Waals surface area contributed by atoms with Gasteiger partial charge < -0.3 is 10.2 Å². The lowest BCUT2D eigenvalue weighted by molar-refractivity contribution is -0.140. The van der Waals surface area contributed by atoms with Crippen molar-refractivity contribution in [3.8, 4) is 0 Å². The zero-order valence-corrected chi connectivity index (χ0v) is 8.78. The first-order chi connectivity index (χ1) is 8.09. The maximum atomic E-state index is 10.9. The minimum atomic E-state index is -1.24. The number of aromatic nitrogens is 1. The van der Waals surface area contributed by atoms with Crippen LogP contribution in [0, 0.1) is 0 Å². The second-order valence-corrected chi connectivity index (χ2v) is 3.62.